The molecule has 1 atom stereocenters. The molecule has 1 unspecified atom stereocenters. The lowest BCUT2D eigenvalue weighted by atomic mass is 9.91. The lowest BCUT2D eigenvalue weighted by Crippen LogP contribution is -2.30. The predicted molar refractivity (Wildman–Crippen MR) is 128 cm³/mol. The first kappa shape index (κ1) is 20.1. The van der Waals surface area contributed by atoms with Crippen LogP contribution in [-0.2, 0) is 16.0 Å². The van der Waals surface area contributed by atoms with Crippen molar-refractivity contribution in [1.29, 1.82) is 0 Å². The predicted octanol–water partition coefficient (Wildman–Crippen LogP) is 6.48. The second-order valence-electron chi connectivity index (χ2n) is 8.92. The van der Waals surface area contributed by atoms with Crippen molar-refractivity contribution in [1.82, 2.24) is 0 Å². The quantitative estimate of drug-likeness (QED) is 0.448. The number of fused-ring (bicyclic) bond motifs is 2. The summed E-state index contributed by atoms with van der Waals surface area (Å²) in [4.78, 5) is 14.8. The van der Waals surface area contributed by atoms with Crippen LogP contribution in [0.25, 0.3) is 21.9 Å². The summed E-state index contributed by atoms with van der Waals surface area (Å²) < 4.78 is 5.25. The molecule has 5 rings (SSSR count). The van der Waals surface area contributed by atoms with E-state index >= 15 is 0 Å². The van der Waals surface area contributed by atoms with Crippen molar-refractivity contribution in [2.75, 3.05) is 24.6 Å². The molecule has 3 aromatic carbocycles. The zero-order valence-corrected chi connectivity index (χ0v) is 18.4. The molecule has 0 radical (unpaired) electrons. The highest BCUT2D eigenvalue weighted by atomic mass is 16.5. The van der Waals surface area contributed by atoms with E-state index in [2.05, 4.69) is 59.5 Å². The zero-order chi connectivity index (χ0) is 21.2. The van der Waals surface area contributed by atoms with E-state index in [0.29, 0.717) is 13.0 Å². The minimum absolute atomic E-state index is 0.0762. The fraction of sp³-hybridized carbons (Fsp3) is 0.393. The average molecular weight is 414 g/mol. The van der Waals surface area contributed by atoms with Gasteiger partial charge in [0.25, 0.3) is 0 Å². The van der Waals surface area contributed by atoms with Gasteiger partial charge in [-0.25, -0.2) is 0 Å². The Labute approximate surface area is 185 Å². The maximum Gasteiger partial charge on any atom is 0.306 e. The van der Waals surface area contributed by atoms with Gasteiger partial charge in [-0.2, -0.15) is 0 Å². The molecule has 0 saturated carbocycles. The van der Waals surface area contributed by atoms with E-state index in [1.54, 1.807) is 0 Å². The van der Waals surface area contributed by atoms with E-state index in [1.807, 2.05) is 6.92 Å². The van der Waals surface area contributed by atoms with Crippen LogP contribution >= 0.6 is 0 Å². The molecule has 0 bridgehead atoms. The summed E-state index contributed by atoms with van der Waals surface area (Å²) >= 11 is 0. The van der Waals surface area contributed by atoms with Crippen molar-refractivity contribution < 1.29 is 9.53 Å². The van der Waals surface area contributed by atoms with E-state index in [1.165, 1.54) is 58.0 Å². The van der Waals surface area contributed by atoms with E-state index in [-0.39, 0.29) is 11.9 Å². The molecule has 3 heteroatoms. The molecule has 1 saturated heterocycles. The number of esters is 1. The van der Waals surface area contributed by atoms with Gasteiger partial charge in [0.1, 0.15) is 0 Å². The Morgan fingerprint density at radius 1 is 1.00 bits per heavy atom. The number of rotatable bonds is 5. The Kier molecular flexibility index (Phi) is 5.67. The molecule has 0 aromatic heterocycles. The number of carbonyl (C=O) groups excluding carboxylic acids is 1. The standard InChI is InChI=1S/C28H31NO2/c1-2-31-28(30)18-24-13-12-23-17-27(29-14-6-3-7-15-29)26(19-25(23)24)22-11-10-20-8-4-5-9-21(20)16-22/h4-5,8-11,16-17,19,24H,2-3,6-7,12-15,18H2,1H3. The third kappa shape index (κ3) is 4.06. The Morgan fingerprint density at radius 2 is 1.81 bits per heavy atom. The Hall–Kier alpha value is -2.81. The highest BCUT2D eigenvalue weighted by molar-refractivity contribution is 5.90. The number of ether oxygens (including phenoxy) is 1. The van der Waals surface area contributed by atoms with Crippen LogP contribution < -0.4 is 4.90 Å². The van der Waals surface area contributed by atoms with Gasteiger partial charge in [0, 0.05) is 24.3 Å². The highest BCUT2D eigenvalue weighted by Gasteiger charge is 2.28. The number of hydrogen-bond acceptors (Lipinski definition) is 3. The van der Waals surface area contributed by atoms with Gasteiger partial charge in [-0.15, -0.1) is 0 Å². The second-order valence-corrected chi connectivity index (χ2v) is 8.92. The van der Waals surface area contributed by atoms with Gasteiger partial charge >= 0.3 is 5.97 Å². The van der Waals surface area contributed by atoms with Crippen LogP contribution in [0.5, 0.6) is 0 Å². The van der Waals surface area contributed by atoms with Crippen molar-refractivity contribution in [2.24, 2.45) is 0 Å². The molecule has 1 aliphatic carbocycles. The Bertz CT molecular complexity index is 1100. The lowest BCUT2D eigenvalue weighted by molar-refractivity contribution is -0.143. The van der Waals surface area contributed by atoms with Gasteiger partial charge in [0.05, 0.1) is 13.0 Å². The van der Waals surface area contributed by atoms with Gasteiger partial charge in [0.15, 0.2) is 0 Å². The summed E-state index contributed by atoms with van der Waals surface area (Å²) in [6.07, 6.45) is 6.43. The molecule has 3 aromatic rings. The Morgan fingerprint density at radius 3 is 2.61 bits per heavy atom. The fourth-order valence-electron chi connectivity index (χ4n) is 5.35. The molecule has 3 nitrogen and oxygen atoms in total. The van der Waals surface area contributed by atoms with Crippen LogP contribution in [0.2, 0.25) is 0 Å². The number of carbonyl (C=O) groups is 1. The number of benzene rings is 3. The minimum atomic E-state index is -0.0762. The molecule has 31 heavy (non-hydrogen) atoms. The van der Waals surface area contributed by atoms with Crippen LogP contribution in [0.15, 0.2) is 54.6 Å². The molecular formula is C28H31NO2. The van der Waals surface area contributed by atoms with Gasteiger partial charge in [-0.05, 0) is 90.6 Å². The molecule has 0 amide bonds. The van der Waals surface area contributed by atoms with Crippen LogP contribution in [0, 0.1) is 0 Å². The first-order valence-corrected chi connectivity index (χ1v) is 11.8. The first-order valence-electron chi connectivity index (χ1n) is 11.8. The molecule has 0 spiro atoms. The van der Waals surface area contributed by atoms with Crippen molar-refractivity contribution in [3.05, 3.63) is 65.7 Å². The third-order valence-electron chi connectivity index (χ3n) is 6.94. The summed E-state index contributed by atoms with van der Waals surface area (Å²) in [5, 5.41) is 2.54. The summed E-state index contributed by atoms with van der Waals surface area (Å²) in [5.74, 6) is 0.191. The summed E-state index contributed by atoms with van der Waals surface area (Å²) in [7, 11) is 0. The molecule has 160 valence electrons. The van der Waals surface area contributed by atoms with Crippen molar-refractivity contribution >= 4 is 22.4 Å². The van der Waals surface area contributed by atoms with E-state index in [0.717, 1.165) is 25.9 Å². The van der Waals surface area contributed by atoms with Crippen molar-refractivity contribution in [3.63, 3.8) is 0 Å². The number of anilines is 1. The Balaban J connectivity index is 1.59. The van der Waals surface area contributed by atoms with Crippen LogP contribution in [-0.4, -0.2) is 25.7 Å². The lowest BCUT2D eigenvalue weighted by Gasteiger charge is -2.31. The highest BCUT2D eigenvalue weighted by Crippen LogP contribution is 2.43. The maximum atomic E-state index is 12.2. The summed E-state index contributed by atoms with van der Waals surface area (Å²) in [6, 6.07) is 20.2. The molecule has 1 heterocycles. The topological polar surface area (TPSA) is 29.5 Å². The van der Waals surface area contributed by atoms with E-state index in [9.17, 15) is 4.79 Å². The SMILES string of the molecule is CCOC(=O)CC1CCc2cc(N3CCCCC3)c(-c3ccc4ccccc4c3)cc21. The molecular weight excluding hydrogens is 382 g/mol. The second kappa shape index (κ2) is 8.74. The monoisotopic (exact) mass is 413 g/mol. The largest absolute Gasteiger partial charge is 0.466 e. The van der Waals surface area contributed by atoms with Crippen LogP contribution in [0.4, 0.5) is 5.69 Å². The van der Waals surface area contributed by atoms with Gasteiger partial charge in [0.2, 0.25) is 0 Å². The van der Waals surface area contributed by atoms with E-state index in [4.69, 9.17) is 4.74 Å². The fourth-order valence-corrected chi connectivity index (χ4v) is 5.35. The smallest absolute Gasteiger partial charge is 0.306 e. The number of hydrogen-bond donors (Lipinski definition) is 0. The first-order chi connectivity index (χ1) is 15.2. The number of aryl methyl sites for hydroxylation is 1. The summed E-state index contributed by atoms with van der Waals surface area (Å²) in [6.45, 7) is 4.59. The van der Waals surface area contributed by atoms with Crippen molar-refractivity contribution in [2.45, 2.75) is 51.4 Å². The van der Waals surface area contributed by atoms with Gasteiger partial charge < -0.3 is 9.64 Å². The zero-order valence-electron chi connectivity index (χ0n) is 18.4. The molecule has 1 fully saturated rings. The van der Waals surface area contributed by atoms with Gasteiger partial charge in [-0.3, -0.25) is 4.79 Å². The normalized spacial score (nSPS) is 18.2. The van der Waals surface area contributed by atoms with Crippen LogP contribution in [0.3, 0.4) is 0 Å². The average Bonchev–Trinajstić information content (AvgIpc) is 3.20. The summed E-state index contributed by atoms with van der Waals surface area (Å²) in [5.41, 5.74) is 6.70. The molecule has 2 aliphatic rings. The third-order valence-corrected chi connectivity index (χ3v) is 6.94. The number of nitrogens with zero attached hydrogens (tertiary/aromatic N) is 1. The van der Waals surface area contributed by atoms with E-state index < -0.39 is 0 Å². The van der Waals surface area contributed by atoms with Crippen molar-refractivity contribution in [3.8, 4) is 11.1 Å². The minimum Gasteiger partial charge on any atom is -0.466 e. The number of piperidine rings is 1. The van der Waals surface area contributed by atoms with Gasteiger partial charge in [-0.1, -0.05) is 36.4 Å². The molecule has 1 aliphatic heterocycles. The van der Waals surface area contributed by atoms with Crippen LogP contribution in [0.1, 0.15) is 56.1 Å². The maximum absolute atomic E-state index is 12.2. The molecule has 0 N–H and O–H groups in total.